The smallest absolute Gasteiger partial charge is 0.143 e. The molecule has 0 saturated heterocycles. The van der Waals surface area contributed by atoms with E-state index < -0.39 is 0 Å². The van der Waals surface area contributed by atoms with Crippen molar-refractivity contribution in [2.75, 3.05) is 36.1 Å². The van der Waals surface area contributed by atoms with Gasteiger partial charge < -0.3 is 26.0 Å². The third kappa shape index (κ3) is 3.94. The first-order valence-electron chi connectivity index (χ1n) is 9.21. The summed E-state index contributed by atoms with van der Waals surface area (Å²) in [5, 5.41) is 13.4. The number of fused-ring (bicyclic) bond motifs is 1. The number of nitrogens with one attached hydrogen (secondary N) is 2. The molecule has 0 unspecified atom stereocenters. The second-order valence-corrected chi connectivity index (χ2v) is 6.60. The van der Waals surface area contributed by atoms with E-state index in [1.807, 2.05) is 48.5 Å². The van der Waals surface area contributed by atoms with E-state index in [0.717, 1.165) is 33.7 Å². The minimum absolute atomic E-state index is 0.0787. The zero-order valence-corrected chi connectivity index (χ0v) is 16.0. The number of hydrogen-bond donors (Lipinski definition) is 4. The molecule has 0 aliphatic carbocycles. The topological polar surface area (TPSA) is 129 Å². The van der Waals surface area contributed by atoms with Crippen molar-refractivity contribution in [1.29, 1.82) is 0 Å². The first kappa shape index (κ1) is 18.6. The van der Waals surface area contributed by atoms with Crippen molar-refractivity contribution in [1.82, 2.24) is 24.9 Å². The summed E-state index contributed by atoms with van der Waals surface area (Å²) in [4.78, 5) is 22.5. The van der Waals surface area contributed by atoms with Crippen LogP contribution in [-0.2, 0) is 6.54 Å². The van der Waals surface area contributed by atoms with Crippen LogP contribution < -0.4 is 16.0 Å². The summed E-state index contributed by atoms with van der Waals surface area (Å²) < 4.78 is 0. The molecule has 0 atom stereocenters. The van der Waals surface area contributed by atoms with E-state index in [4.69, 9.17) is 10.8 Å². The number of anilines is 3. The molecule has 0 bridgehead atoms. The molecule has 0 amide bonds. The average molecular weight is 390 g/mol. The second-order valence-electron chi connectivity index (χ2n) is 6.60. The van der Waals surface area contributed by atoms with Gasteiger partial charge in [-0.25, -0.2) is 19.9 Å². The SMILES string of the molecule is CN(CCO)c1cccc(CNc2ncnc3[nH]cc(-c4ccnc(N)c4)c23)n1. The lowest BCUT2D eigenvalue weighted by molar-refractivity contribution is 0.304. The Morgan fingerprint density at radius 3 is 2.93 bits per heavy atom. The highest BCUT2D eigenvalue weighted by Crippen LogP contribution is 2.32. The number of nitrogen functional groups attached to an aromatic ring is 1. The van der Waals surface area contributed by atoms with Crippen LogP contribution in [0.1, 0.15) is 5.69 Å². The molecule has 9 nitrogen and oxygen atoms in total. The summed E-state index contributed by atoms with van der Waals surface area (Å²) in [7, 11) is 1.90. The quantitative estimate of drug-likeness (QED) is 0.377. The molecular formula is C20H22N8O. The maximum absolute atomic E-state index is 9.13. The lowest BCUT2D eigenvalue weighted by Crippen LogP contribution is -2.22. The van der Waals surface area contributed by atoms with E-state index in [9.17, 15) is 0 Å². The maximum atomic E-state index is 9.13. The molecule has 148 valence electrons. The molecule has 0 spiro atoms. The Labute approximate surface area is 167 Å². The minimum Gasteiger partial charge on any atom is -0.395 e. The number of nitrogens with two attached hydrogens (primary N) is 1. The number of aromatic nitrogens is 5. The molecule has 0 fully saturated rings. The molecule has 5 N–H and O–H groups in total. The molecule has 4 rings (SSSR count). The van der Waals surface area contributed by atoms with Gasteiger partial charge in [-0.3, -0.25) is 0 Å². The third-order valence-corrected chi connectivity index (χ3v) is 4.62. The molecule has 0 saturated carbocycles. The van der Waals surface area contributed by atoms with Gasteiger partial charge in [0, 0.05) is 31.5 Å². The molecule has 4 aromatic heterocycles. The van der Waals surface area contributed by atoms with Gasteiger partial charge in [-0.2, -0.15) is 0 Å². The largest absolute Gasteiger partial charge is 0.395 e. The number of aromatic amines is 1. The summed E-state index contributed by atoms with van der Waals surface area (Å²) in [6.07, 6.45) is 5.09. The van der Waals surface area contributed by atoms with Crippen LogP contribution in [0.4, 0.5) is 17.5 Å². The Morgan fingerprint density at radius 2 is 2.10 bits per heavy atom. The molecule has 29 heavy (non-hydrogen) atoms. The summed E-state index contributed by atoms with van der Waals surface area (Å²) >= 11 is 0. The Balaban J connectivity index is 1.62. The Kier molecular flexibility index (Phi) is 5.21. The van der Waals surface area contributed by atoms with Gasteiger partial charge in [-0.1, -0.05) is 6.07 Å². The number of H-pyrrole nitrogens is 1. The first-order chi connectivity index (χ1) is 14.2. The van der Waals surface area contributed by atoms with Gasteiger partial charge in [-0.15, -0.1) is 0 Å². The number of pyridine rings is 2. The highest BCUT2D eigenvalue weighted by Gasteiger charge is 2.13. The van der Waals surface area contributed by atoms with E-state index in [0.29, 0.717) is 24.7 Å². The van der Waals surface area contributed by atoms with Gasteiger partial charge in [0.2, 0.25) is 0 Å². The Morgan fingerprint density at radius 1 is 1.21 bits per heavy atom. The fourth-order valence-electron chi connectivity index (χ4n) is 3.16. The van der Waals surface area contributed by atoms with Crippen molar-refractivity contribution < 1.29 is 5.11 Å². The highest BCUT2D eigenvalue weighted by molar-refractivity contribution is 6.01. The van der Waals surface area contributed by atoms with Crippen LogP contribution >= 0.6 is 0 Å². The van der Waals surface area contributed by atoms with Crippen molar-refractivity contribution in [3.63, 3.8) is 0 Å². The number of likely N-dealkylation sites (N-methyl/N-ethyl adjacent to an activating group) is 1. The Hall–Kier alpha value is -3.72. The van der Waals surface area contributed by atoms with Crippen LogP contribution in [0.25, 0.3) is 22.2 Å². The van der Waals surface area contributed by atoms with Gasteiger partial charge in [-0.05, 0) is 29.8 Å². The molecule has 0 aliphatic rings. The summed E-state index contributed by atoms with van der Waals surface area (Å²) in [5.74, 6) is 1.97. The van der Waals surface area contributed by atoms with Crippen molar-refractivity contribution in [2.24, 2.45) is 0 Å². The fraction of sp³-hybridized carbons (Fsp3) is 0.200. The van der Waals surface area contributed by atoms with Crippen molar-refractivity contribution in [3.05, 3.63) is 54.7 Å². The van der Waals surface area contributed by atoms with Crippen molar-refractivity contribution in [2.45, 2.75) is 6.54 Å². The number of aliphatic hydroxyl groups excluding tert-OH is 1. The molecule has 0 radical (unpaired) electrons. The summed E-state index contributed by atoms with van der Waals surface area (Å²) in [5.41, 5.74) is 9.33. The zero-order valence-electron chi connectivity index (χ0n) is 16.0. The highest BCUT2D eigenvalue weighted by atomic mass is 16.3. The van der Waals surface area contributed by atoms with E-state index in [2.05, 4.69) is 30.2 Å². The van der Waals surface area contributed by atoms with Gasteiger partial charge in [0.1, 0.15) is 29.4 Å². The average Bonchev–Trinajstić information content (AvgIpc) is 3.17. The van der Waals surface area contributed by atoms with Crippen LogP contribution in [0.3, 0.4) is 0 Å². The standard InChI is InChI=1S/C20H22N8O/c1-28(7-8-29)17-4-2-3-14(27-17)10-23-19-18-15(11-24-20(18)26-12-25-19)13-5-6-22-16(21)9-13/h2-6,9,11-12,29H,7-8,10H2,1H3,(H2,21,22)(H2,23,24,25,26). The molecular weight excluding hydrogens is 368 g/mol. The lowest BCUT2D eigenvalue weighted by atomic mass is 10.1. The van der Waals surface area contributed by atoms with E-state index in [-0.39, 0.29) is 6.61 Å². The molecule has 0 aliphatic heterocycles. The number of nitrogens with zero attached hydrogens (tertiary/aromatic N) is 5. The second kappa shape index (κ2) is 8.11. The van der Waals surface area contributed by atoms with Gasteiger partial charge in [0.05, 0.1) is 24.2 Å². The molecule has 4 aromatic rings. The number of aliphatic hydroxyl groups is 1. The van der Waals surface area contributed by atoms with Crippen LogP contribution in [0.5, 0.6) is 0 Å². The maximum Gasteiger partial charge on any atom is 0.143 e. The van der Waals surface area contributed by atoms with Crippen molar-refractivity contribution >= 4 is 28.5 Å². The lowest BCUT2D eigenvalue weighted by Gasteiger charge is -2.17. The molecule has 0 aromatic carbocycles. The molecule has 9 heteroatoms. The number of hydrogen-bond acceptors (Lipinski definition) is 8. The monoisotopic (exact) mass is 390 g/mol. The third-order valence-electron chi connectivity index (χ3n) is 4.62. The van der Waals surface area contributed by atoms with Crippen LogP contribution in [0, 0.1) is 0 Å². The Bertz CT molecular complexity index is 1130. The predicted molar refractivity (Wildman–Crippen MR) is 113 cm³/mol. The van der Waals surface area contributed by atoms with Crippen LogP contribution in [-0.4, -0.2) is 50.2 Å². The normalized spacial score (nSPS) is 11.0. The first-order valence-corrected chi connectivity index (χ1v) is 9.21. The van der Waals surface area contributed by atoms with Crippen molar-refractivity contribution in [3.8, 4) is 11.1 Å². The van der Waals surface area contributed by atoms with Crippen LogP contribution in [0.2, 0.25) is 0 Å². The molecule has 4 heterocycles. The summed E-state index contributed by atoms with van der Waals surface area (Å²) in [6.45, 7) is 1.10. The van der Waals surface area contributed by atoms with E-state index in [1.54, 1.807) is 6.20 Å². The van der Waals surface area contributed by atoms with Crippen LogP contribution in [0.15, 0.2) is 49.1 Å². The minimum atomic E-state index is 0.0787. The predicted octanol–water partition coefficient (Wildman–Crippen LogP) is 2.04. The van der Waals surface area contributed by atoms with Gasteiger partial charge in [0.25, 0.3) is 0 Å². The summed E-state index contributed by atoms with van der Waals surface area (Å²) in [6, 6.07) is 9.53. The number of rotatable bonds is 7. The van der Waals surface area contributed by atoms with Gasteiger partial charge >= 0.3 is 0 Å². The zero-order chi connectivity index (χ0) is 20.2. The van der Waals surface area contributed by atoms with E-state index >= 15 is 0 Å². The van der Waals surface area contributed by atoms with E-state index in [1.165, 1.54) is 6.33 Å². The fourth-order valence-corrected chi connectivity index (χ4v) is 3.16. The van der Waals surface area contributed by atoms with Gasteiger partial charge in [0.15, 0.2) is 0 Å².